The molecule has 0 spiro atoms. The first kappa shape index (κ1) is 8.23. The van der Waals surface area contributed by atoms with Gasteiger partial charge in [0.25, 0.3) is 0 Å². The smallest absolute Gasteiger partial charge is 0.0248 e. The van der Waals surface area contributed by atoms with Gasteiger partial charge in [-0.05, 0) is 29.9 Å². The zero-order valence-electron chi connectivity index (χ0n) is 6.26. The number of rotatable bonds is 3. The Labute approximate surface area is 68.9 Å². The van der Waals surface area contributed by atoms with Crippen molar-refractivity contribution in [3.63, 3.8) is 0 Å². The number of hydrogen-bond donors (Lipinski definition) is 0. The number of aryl methyl sites for hydroxylation is 1. The van der Waals surface area contributed by atoms with Gasteiger partial charge in [-0.15, -0.1) is 11.3 Å². The molecule has 56 valence electrons. The van der Waals surface area contributed by atoms with Crippen molar-refractivity contribution in [3.05, 3.63) is 17.0 Å². The average molecular weight is 172 g/mol. The van der Waals surface area contributed by atoms with E-state index in [2.05, 4.69) is 27.6 Å². The highest BCUT2D eigenvalue weighted by Crippen LogP contribution is 2.10. The molecule has 0 aliphatic rings. The Balaban J connectivity index is 2.49. The van der Waals surface area contributed by atoms with Crippen LogP contribution in [0.4, 0.5) is 0 Å². The van der Waals surface area contributed by atoms with Gasteiger partial charge in [-0.1, -0.05) is 22.6 Å². The fourth-order valence-corrected chi connectivity index (χ4v) is 2.10. The van der Waals surface area contributed by atoms with E-state index in [0.717, 1.165) is 0 Å². The molecule has 0 saturated heterocycles. The molecule has 0 fully saturated rings. The molecule has 0 N–H and O–H groups in total. The van der Waals surface area contributed by atoms with E-state index < -0.39 is 0 Å². The van der Waals surface area contributed by atoms with Crippen molar-refractivity contribution in [2.75, 3.05) is 0 Å². The summed E-state index contributed by atoms with van der Waals surface area (Å²) in [5.41, 5.74) is 1.51. The average Bonchev–Trinajstić information content (AvgIpc) is 2.31. The molecule has 0 bridgehead atoms. The second-order valence-electron chi connectivity index (χ2n) is 2.41. The molecular weight excluding hydrogens is 159 g/mol. The van der Waals surface area contributed by atoms with E-state index in [1.807, 2.05) is 11.3 Å². The van der Waals surface area contributed by atoms with Crippen LogP contribution in [0, 0.1) is 0 Å². The number of unbranched alkanes of at least 4 members (excludes halogenated alkanes) is 1. The third kappa shape index (κ3) is 2.07. The molecule has 1 aromatic heterocycles. The van der Waals surface area contributed by atoms with Crippen molar-refractivity contribution in [1.82, 2.24) is 0 Å². The van der Waals surface area contributed by atoms with Gasteiger partial charge in [-0.3, -0.25) is 0 Å². The van der Waals surface area contributed by atoms with Gasteiger partial charge >= 0.3 is 0 Å². The normalized spacial score (nSPS) is 10.2. The molecule has 1 heterocycles. The molecule has 0 nitrogen and oxygen atoms in total. The van der Waals surface area contributed by atoms with Gasteiger partial charge in [0.1, 0.15) is 0 Å². The Morgan fingerprint density at radius 2 is 2.40 bits per heavy atom. The van der Waals surface area contributed by atoms with Crippen molar-refractivity contribution < 1.29 is 0 Å². The highest BCUT2D eigenvalue weighted by molar-refractivity contribution is 7.43. The van der Waals surface area contributed by atoms with Crippen molar-refractivity contribution >= 4 is 25.2 Å². The molecule has 1 aromatic rings. The lowest BCUT2D eigenvalue weighted by molar-refractivity contribution is 0.799. The van der Waals surface area contributed by atoms with E-state index in [1.165, 1.54) is 29.4 Å². The molecule has 1 unspecified atom stereocenters. The van der Waals surface area contributed by atoms with Crippen LogP contribution in [0.3, 0.4) is 0 Å². The first-order chi connectivity index (χ1) is 4.84. The van der Waals surface area contributed by atoms with E-state index in [-0.39, 0.29) is 0 Å². The summed E-state index contributed by atoms with van der Waals surface area (Å²) < 4.78 is 1.41. The molecule has 2 heteroatoms. The van der Waals surface area contributed by atoms with Crippen LogP contribution in [0.5, 0.6) is 0 Å². The first-order valence-electron chi connectivity index (χ1n) is 3.66. The van der Waals surface area contributed by atoms with Crippen molar-refractivity contribution in [2.45, 2.75) is 26.2 Å². The van der Waals surface area contributed by atoms with E-state index in [9.17, 15) is 0 Å². The molecule has 1 atom stereocenters. The van der Waals surface area contributed by atoms with E-state index in [1.54, 1.807) is 0 Å². The monoisotopic (exact) mass is 172 g/mol. The summed E-state index contributed by atoms with van der Waals surface area (Å²) in [6.45, 7) is 2.23. The first-order valence-corrected chi connectivity index (χ1v) is 5.12. The maximum atomic E-state index is 2.79. The van der Waals surface area contributed by atoms with Gasteiger partial charge < -0.3 is 0 Å². The summed E-state index contributed by atoms with van der Waals surface area (Å²) in [6, 6.07) is 2.22. The van der Waals surface area contributed by atoms with E-state index >= 15 is 0 Å². The Kier molecular flexibility index (Phi) is 3.37. The molecule has 0 saturated carbocycles. The van der Waals surface area contributed by atoms with Gasteiger partial charge in [-0.2, -0.15) is 0 Å². The molecule has 1 rings (SSSR count). The van der Waals surface area contributed by atoms with Crippen molar-refractivity contribution in [1.29, 1.82) is 0 Å². The van der Waals surface area contributed by atoms with Crippen LogP contribution in [0.25, 0.3) is 0 Å². The standard InChI is InChI=1S/C8H13PS/c1-2-3-4-7-5-6-10-8(7)9/h5-6H,2-4,9H2,1H3. The summed E-state index contributed by atoms with van der Waals surface area (Å²) in [4.78, 5) is 0. The van der Waals surface area contributed by atoms with Crippen molar-refractivity contribution in [3.8, 4) is 0 Å². The van der Waals surface area contributed by atoms with Gasteiger partial charge in [0.15, 0.2) is 0 Å². The third-order valence-corrected chi connectivity index (χ3v) is 3.15. The zero-order chi connectivity index (χ0) is 7.40. The highest BCUT2D eigenvalue weighted by Gasteiger charge is 1.96. The van der Waals surface area contributed by atoms with Gasteiger partial charge in [-0.25, -0.2) is 0 Å². The number of thiophene rings is 1. The van der Waals surface area contributed by atoms with Crippen LogP contribution in [-0.4, -0.2) is 0 Å². The predicted octanol–water partition coefficient (Wildman–Crippen LogP) is 2.59. The molecule has 0 aliphatic carbocycles. The fraction of sp³-hybridized carbons (Fsp3) is 0.500. The minimum Gasteiger partial charge on any atom is -0.144 e. The molecule has 0 aliphatic heterocycles. The summed E-state index contributed by atoms with van der Waals surface area (Å²) in [7, 11) is 2.79. The van der Waals surface area contributed by atoms with Gasteiger partial charge in [0.05, 0.1) is 0 Å². The summed E-state index contributed by atoms with van der Waals surface area (Å²) in [5, 5.41) is 2.16. The summed E-state index contributed by atoms with van der Waals surface area (Å²) in [6.07, 6.45) is 3.86. The minimum atomic E-state index is 1.25. The fourth-order valence-electron chi connectivity index (χ4n) is 0.921. The lowest BCUT2D eigenvalue weighted by atomic mass is 10.2. The van der Waals surface area contributed by atoms with Crippen LogP contribution in [0.1, 0.15) is 25.3 Å². The quantitative estimate of drug-likeness (QED) is 0.615. The van der Waals surface area contributed by atoms with Crippen LogP contribution >= 0.6 is 20.6 Å². The maximum Gasteiger partial charge on any atom is 0.0248 e. The Bertz CT molecular complexity index is 193. The predicted molar refractivity (Wildman–Crippen MR) is 52.3 cm³/mol. The van der Waals surface area contributed by atoms with Crippen LogP contribution in [-0.2, 0) is 6.42 Å². The molecule has 0 aromatic carbocycles. The molecule has 0 amide bonds. The van der Waals surface area contributed by atoms with E-state index in [0.29, 0.717) is 0 Å². The largest absolute Gasteiger partial charge is 0.144 e. The maximum absolute atomic E-state index is 2.79. The van der Waals surface area contributed by atoms with Gasteiger partial charge in [0, 0.05) is 4.62 Å². The SMILES string of the molecule is CCCCc1ccsc1P. The molecule has 10 heavy (non-hydrogen) atoms. The third-order valence-electron chi connectivity index (χ3n) is 1.58. The second kappa shape index (κ2) is 4.10. The topological polar surface area (TPSA) is 0 Å². The Hall–Kier alpha value is 0.130. The lowest BCUT2D eigenvalue weighted by Gasteiger charge is -1.95. The number of hydrogen-bond acceptors (Lipinski definition) is 1. The highest BCUT2D eigenvalue weighted by atomic mass is 32.1. The minimum absolute atomic E-state index is 1.25. The second-order valence-corrected chi connectivity index (χ2v) is 4.36. The molecular formula is C8H13PS. The van der Waals surface area contributed by atoms with Crippen LogP contribution in [0.15, 0.2) is 11.4 Å². The summed E-state index contributed by atoms with van der Waals surface area (Å²) in [5.74, 6) is 0. The lowest BCUT2D eigenvalue weighted by Crippen LogP contribution is -1.92. The van der Waals surface area contributed by atoms with Crippen molar-refractivity contribution in [2.24, 2.45) is 0 Å². The van der Waals surface area contributed by atoms with Crippen LogP contribution < -0.4 is 4.62 Å². The summed E-state index contributed by atoms with van der Waals surface area (Å²) >= 11 is 1.82. The molecule has 0 radical (unpaired) electrons. The zero-order valence-corrected chi connectivity index (χ0v) is 8.23. The van der Waals surface area contributed by atoms with E-state index in [4.69, 9.17) is 0 Å². The Morgan fingerprint density at radius 3 is 2.90 bits per heavy atom. The Morgan fingerprint density at radius 1 is 1.60 bits per heavy atom. The van der Waals surface area contributed by atoms with Crippen LogP contribution in [0.2, 0.25) is 0 Å². The van der Waals surface area contributed by atoms with Gasteiger partial charge in [0.2, 0.25) is 0 Å².